The van der Waals surface area contributed by atoms with Crippen LogP contribution in [0.25, 0.3) is 0 Å². The molecule has 1 aliphatic rings. The first-order valence-corrected chi connectivity index (χ1v) is 8.02. The molecule has 1 heterocycles. The summed E-state index contributed by atoms with van der Waals surface area (Å²) in [6, 6.07) is 5.39. The van der Waals surface area contributed by atoms with Crippen molar-refractivity contribution in [2.75, 3.05) is 11.5 Å². The van der Waals surface area contributed by atoms with E-state index in [0.29, 0.717) is 5.75 Å². The van der Waals surface area contributed by atoms with Crippen molar-refractivity contribution in [1.82, 2.24) is 0 Å². The normalized spacial score (nSPS) is 27.2. The van der Waals surface area contributed by atoms with E-state index in [2.05, 4.69) is 0 Å². The van der Waals surface area contributed by atoms with E-state index in [9.17, 15) is 13.5 Å². The van der Waals surface area contributed by atoms with Gasteiger partial charge in [-0.1, -0.05) is 12.1 Å². The van der Waals surface area contributed by atoms with Crippen molar-refractivity contribution >= 4 is 9.84 Å². The topological polar surface area (TPSA) is 89.6 Å². The lowest BCUT2D eigenvalue weighted by molar-refractivity contribution is 0.0729. The summed E-state index contributed by atoms with van der Waals surface area (Å²) in [4.78, 5) is 0. The van der Waals surface area contributed by atoms with Gasteiger partial charge in [-0.15, -0.1) is 0 Å². The highest BCUT2D eigenvalue weighted by atomic mass is 32.2. The summed E-state index contributed by atoms with van der Waals surface area (Å²) in [7, 11) is -3.21. The van der Waals surface area contributed by atoms with Crippen molar-refractivity contribution in [2.24, 2.45) is 5.73 Å². The molecule has 2 unspecified atom stereocenters. The minimum Gasteiger partial charge on any atom is -0.486 e. The Balaban J connectivity index is 2.26. The van der Waals surface area contributed by atoms with Crippen LogP contribution in [0, 0.1) is 6.92 Å². The van der Waals surface area contributed by atoms with E-state index in [0.717, 1.165) is 11.1 Å². The third-order valence-electron chi connectivity index (χ3n) is 3.21. The average molecular weight is 285 g/mol. The summed E-state index contributed by atoms with van der Waals surface area (Å²) < 4.78 is 28.6. The summed E-state index contributed by atoms with van der Waals surface area (Å²) in [5.74, 6) is 0.161. The van der Waals surface area contributed by atoms with Gasteiger partial charge in [-0.25, -0.2) is 8.42 Å². The molecular formula is C13H19NO4S. The van der Waals surface area contributed by atoms with Crippen LogP contribution in [0.15, 0.2) is 18.2 Å². The summed E-state index contributed by atoms with van der Waals surface area (Å²) >= 11 is 0. The fourth-order valence-electron chi connectivity index (χ4n) is 2.19. The molecule has 0 radical (unpaired) electrons. The molecule has 5 nitrogen and oxygen atoms in total. The number of nitrogens with two attached hydrogens (primary N) is 1. The molecule has 0 saturated carbocycles. The number of sulfone groups is 1. The van der Waals surface area contributed by atoms with Crippen LogP contribution < -0.4 is 10.5 Å². The van der Waals surface area contributed by atoms with Crippen LogP contribution in [-0.2, 0) is 9.84 Å². The zero-order valence-corrected chi connectivity index (χ0v) is 11.9. The lowest BCUT2D eigenvalue weighted by Gasteiger charge is -2.20. The predicted molar refractivity (Wildman–Crippen MR) is 72.9 cm³/mol. The third-order valence-corrected chi connectivity index (χ3v) is 4.90. The lowest BCUT2D eigenvalue weighted by Crippen LogP contribution is -2.30. The third kappa shape index (κ3) is 3.26. The van der Waals surface area contributed by atoms with Crippen LogP contribution in [0.4, 0.5) is 0 Å². The molecule has 1 aromatic carbocycles. The van der Waals surface area contributed by atoms with Crippen molar-refractivity contribution in [1.29, 1.82) is 0 Å². The Labute approximate surface area is 113 Å². The van der Waals surface area contributed by atoms with Crippen molar-refractivity contribution in [3.63, 3.8) is 0 Å². The van der Waals surface area contributed by atoms with Crippen LogP contribution in [0.1, 0.15) is 24.1 Å². The summed E-state index contributed by atoms with van der Waals surface area (Å²) in [5, 5.41) is 9.75. The van der Waals surface area contributed by atoms with E-state index in [-0.39, 0.29) is 17.5 Å². The van der Waals surface area contributed by atoms with Crippen molar-refractivity contribution in [3.05, 3.63) is 29.3 Å². The second-order valence-electron chi connectivity index (χ2n) is 5.13. The molecule has 3 atom stereocenters. The summed E-state index contributed by atoms with van der Waals surface area (Å²) in [6.07, 6.45) is -1.70. The molecule has 3 N–H and O–H groups in total. The Morgan fingerprint density at radius 2 is 2.11 bits per heavy atom. The molecule has 1 aromatic rings. The summed E-state index contributed by atoms with van der Waals surface area (Å²) in [5.41, 5.74) is 7.67. The number of aliphatic hydroxyl groups is 1. The Morgan fingerprint density at radius 1 is 1.42 bits per heavy atom. The fourth-order valence-corrected chi connectivity index (χ4v) is 3.85. The first-order valence-electron chi connectivity index (χ1n) is 6.20. The van der Waals surface area contributed by atoms with Gasteiger partial charge in [0.1, 0.15) is 18.0 Å². The quantitative estimate of drug-likeness (QED) is 0.846. The van der Waals surface area contributed by atoms with E-state index >= 15 is 0 Å². The van der Waals surface area contributed by atoms with Crippen LogP contribution >= 0.6 is 0 Å². The number of aryl methyl sites for hydroxylation is 1. The van der Waals surface area contributed by atoms with Gasteiger partial charge >= 0.3 is 0 Å². The molecule has 0 spiro atoms. The fraction of sp³-hybridized carbons (Fsp3) is 0.538. The average Bonchev–Trinajstić information content (AvgIpc) is 2.51. The molecule has 2 rings (SSSR count). The van der Waals surface area contributed by atoms with E-state index < -0.39 is 22.0 Å². The number of hydrogen-bond acceptors (Lipinski definition) is 5. The Hall–Kier alpha value is -1.11. The van der Waals surface area contributed by atoms with Gasteiger partial charge in [0.25, 0.3) is 0 Å². The minimum atomic E-state index is -3.21. The highest BCUT2D eigenvalue weighted by Gasteiger charge is 2.38. The van der Waals surface area contributed by atoms with Gasteiger partial charge in [-0.3, -0.25) is 0 Å². The second kappa shape index (κ2) is 5.11. The number of aliphatic hydroxyl groups excluding tert-OH is 1. The Morgan fingerprint density at radius 3 is 2.63 bits per heavy atom. The van der Waals surface area contributed by atoms with Gasteiger partial charge in [0.2, 0.25) is 0 Å². The van der Waals surface area contributed by atoms with E-state index in [1.807, 2.05) is 32.0 Å². The van der Waals surface area contributed by atoms with Crippen molar-refractivity contribution < 1.29 is 18.3 Å². The first kappa shape index (κ1) is 14.3. The van der Waals surface area contributed by atoms with Gasteiger partial charge < -0.3 is 15.6 Å². The molecule has 0 aliphatic carbocycles. The Kier molecular flexibility index (Phi) is 3.85. The lowest BCUT2D eigenvalue weighted by atomic mass is 10.1. The molecule has 1 saturated heterocycles. The molecular weight excluding hydrogens is 266 g/mol. The zero-order chi connectivity index (χ0) is 14.2. The molecule has 0 bridgehead atoms. The molecule has 0 aromatic heterocycles. The van der Waals surface area contributed by atoms with Crippen molar-refractivity contribution in [3.8, 4) is 5.75 Å². The van der Waals surface area contributed by atoms with E-state index in [1.54, 1.807) is 0 Å². The molecule has 0 amide bonds. The number of rotatable bonds is 3. The number of benzene rings is 1. The van der Waals surface area contributed by atoms with E-state index in [1.165, 1.54) is 0 Å². The van der Waals surface area contributed by atoms with Crippen molar-refractivity contribution in [2.45, 2.75) is 32.1 Å². The molecule has 6 heteroatoms. The maximum Gasteiger partial charge on any atom is 0.156 e. The van der Waals surface area contributed by atoms with E-state index in [4.69, 9.17) is 10.5 Å². The van der Waals surface area contributed by atoms with Crippen LogP contribution in [0.2, 0.25) is 0 Å². The monoisotopic (exact) mass is 285 g/mol. The van der Waals surface area contributed by atoms with Crippen LogP contribution in [0.5, 0.6) is 5.75 Å². The molecule has 19 heavy (non-hydrogen) atoms. The van der Waals surface area contributed by atoms with Gasteiger partial charge in [-0.05, 0) is 25.5 Å². The second-order valence-corrected chi connectivity index (χ2v) is 7.28. The zero-order valence-electron chi connectivity index (χ0n) is 11.0. The standard InChI is InChI=1S/C13H19NO4S/c1-8-3-4-10(9(2)14)12(5-8)18-13-7-19(16,17)6-11(13)15/h3-5,9,11,13,15H,6-7,14H2,1-2H3/t9-,11?,13?/m0/s1. The van der Waals surface area contributed by atoms with Gasteiger partial charge in [0, 0.05) is 11.6 Å². The first-order chi connectivity index (χ1) is 8.78. The number of hydrogen-bond donors (Lipinski definition) is 2. The molecule has 1 aliphatic heterocycles. The smallest absolute Gasteiger partial charge is 0.156 e. The van der Waals surface area contributed by atoms with Crippen LogP contribution in [-0.4, -0.2) is 37.2 Å². The maximum absolute atomic E-state index is 11.5. The minimum absolute atomic E-state index is 0.152. The molecule has 1 fully saturated rings. The largest absolute Gasteiger partial charge is 0.486 e. The highest BCUT2D eigenvalue weighted by Crippen LogP contribution is 2.28. The molecule has 106 valence electrons. The van der Waals surface area contributed by atoms with Gasteiger partial charge in [-0.2, -0.15) is 0 Å². The summed E-state index contributed by atoms with van der Waals surface area (Å²) in [6.45, 7) is 3.75. The predicted octanol–water partition coefficient (Wildman–Crippen LogP) is 0.551. The van der Waals surface area contributed by atoms with Crippen LogP contribution in [0.3, 0.4) is 0 Å². The SMILES string of the molecule is Cc1ccc([C@H](C)N)c(OC2CS(=O)(=O)CC2O)c1. The Bertz CT molecular complexity index is 568. The maximum atomic E-state index is 11.5. The van der Waals surface area contributed by atoms with Gasteiger partial charge in [0.15, 0.2) is 9.84 Å². The highest BCUT2D eigenvalue weighted by molar-refractivity contribution is 7.91. The van der Waals surface area contributed by atoms with Gasteiger partial charge in [0.05, 0.1) is 11.5 Å². The number of ether oxygens (including phenoxy) is 1.